The van der Waals surface area contributed by atoms with Crippen molar-refractivity contribution in [1.29, 1.82) is 0 Å². The highest BCUT2D eigenvalue weighted by Crippen LogP contribution is 2.28. The van der Waals surface area contributed by atoms with Crippen LogP contribution in [-0.2, 0) is 6.54 Å². The molecule has 2 aromatic heterocycles. The molecule has 0 aliphatic rings. The van der Waals surface area contributed by atoms with Crippen molar-refractivity contribution in [3.05, 3.63) is 59.1 Å². The summed E-state index contributed by atoms with van der Waals surface area (Å²) in [5.74, 6) is 0.350. The molecule has 6 nitrogen and oxygen atoms in total. The maximum Gasteiger partial charge on any atom is 0.265 e. The van der Waals surface area contributed by atoms with Gasteiger partial charge in [-0.25, -0.2) is 5.43 Å². The first kappa shape index (κ1) is 15.5. The van der Waals surface area contributed by atoms with E-state index >= 15 is 0 Å². The first-order valence-electron chi connectivity index (χ1n) is 7.92. The number of nitrogens with one attached hydrogen (secondary N) is 1. The third-order valence-corrected chi connectivity index (χ3v) is 4.16. The van der Waals surface area contributed by atoms with Crippen molar-refractivity contribution in [3.63, 3.8) is 0 Å². The van der Waals surface area contributed by atoms with E-state index < -0.39 is 0 Å². The summed E-state index contributed by atoms with van der Waals surface area (Å²) >= 11 is 6.12. The Balaban J connectivity index is 1.72. The van der Waals surface area contributed by atoms with E-state index in [1.165, 1.54) is 0 Å². The number of benzene rings is 2. The second-order valence-corrected chi connectivity index (χ2v) is 5.93. The van der Waals surface area contributed by atoms with Gasteiger partial charge in [-0.1, -0.05) is 41.9 Å². The number of aromatic nitrogens is 4. The van der Waals surface area contributed by atoms with Gasteiger partial charge in [0.25, 0.3) is 5.95 Å². The number of aryl methyl sites for hydroxylation is 1. The van der Waals surface area contributed by atoms with Crippen molar-refractivity contribution >= 4 is 45.8 Å². The van der Waals surface area contributed by atoms with Gasteiger partial charge in [-0.2, -0.15) is 10.1 Å². The van der Waals surface area contributed by atoms with Crippen molar-refractivity contribution in [2.75, 3.05) is 5.43 Å². The summed E-state index contributed by atoms with van der Waals surface area (Å²) in [4.78, 5) is 4.57. The molecule has 0 saturated carbocycles. The van der Waals surface area contributed by atoms with Gasteiger partial charge in [0, 0.05) is 17.0 Å². The van der Waals surface area contributed by atoms with E-state index in [1.807, 2.05) is 48.5 Å². The maximum absolute atomic E-state index is 6.12. The SMILES string of the molecule is CCn1c2ccc(Cl)cc2c2nnc(N/N=C/c3ccccc3)nc21. The third-order valence-electron chi connectivity index (χ3n) is 3.92. The number of hydrogen-bond acceptors (Lipinski definition) is 5. The van der Waals surface area contributed by atoms with Crippen LogP contribution in [0.5, 0.6) is 0 Å². The normalized spacial score (nSPS) is 11.6. The van der Waals surface area contributed by atoms with Crippen LogP contribution in [0.4, 0.5) is 5.95 Å². The van der Waals surface area contributed by atoms with Crippen molar-refractivity contribution in [1.82, 2.24) is 19.7 Å². The molecule has 7 heteroatoms. The average molecular weight is 351 g/mol. The molecule has 4 aromatic rings. The predicted octanol–water partition coefficient (Wildman–Crippen LogP) is 4.10. The minimum absolute atomic E-state index is 0.350. The van der Waals surface area contributed by atoms with Gasteiger partial charge in [-0.15, -0.1) is 10.2 Å². The minimum atomic E-state index is 0.350. The zero-order chi connectivity index (χ0) is 17.2. The molecule has 0 radical (unpaired) electrons. The minimum Gasteiger partial charge on any atom is -0.324 e. The molecular weight excluding hydrogens is 336 g/mol. The molecular formula is C18H15ClN6. The van der Waals surface area contributed by atoms with Gasteiger partial charge in [0.1, 0.15) is 5.52 Å². The predicted molar refractivity (Wildman–Crippen MR) is 101 cm³/mol. The first-order valence-corrected chi connectivity index (χ1v) is 8.30. The van der Waals surface area contributed by atoms with Crippen LogP contribution in [0.25, 0.3) is 22.1 Å². The molecule has 1 N–H and O–H groups in total. The number of nitrogens with zero attached hydrogens (tertiary/aromatic N) is 5. The standard InChI is InChI=1S/C18H15ClN6/c1-2-25-15-9-8-13(19)10-14(15)16-17(25)21-18(24-22-16)23-20-11-12-6-4-3-5-7-12/h3-11H,2H2,1H3,(H,21,23,24)/b20-11+. The molecule has 25 heavy (non-hydrogen) atoms. The van der Waals surface area contributed by atoms with Crippen LogP contribution in [0.15, 0.2) is 53.6 Å². The molecule has 0 bridgehead atoms. The van der Waals surface area contributed by atoms with E-state index in [-0.39, 0.29) is 0 Å². The van der Waals surface area contributed by atoms with Crippen molar-refractivity contribution < 1.29 is 0 Å². The molecule has 0 atom stereocenters. The summed E-state index contributed by atoms with van der Waals surface area (Å²) in [6.45, 7) is 2.84. The van der Waals surface area contributed by atoms with E-state index in [4.69, 9.17) is 11.6 Å². The van der Waals surface area contributed by atoms with E-state index in [9.17, 15) is 0 Å². The quantitative estimate of drug-likeness (QED) is 0.444. The molecule has 2 aromatic carbocycles. The van der Waals surface area contributed by atoms with Crippen LogP contribution in [0, 0.1) is 0 Å². The van der Waals surface area contributed by atoms with Crippen LogP contribution in [0.3, 0.4) is 0 Å². The summed E-state index contributed by atoms with van der Waals surface area (Å²) < 4.78 is 2.09. The van der Waals surface area contributed by atoms with Crippen LogP contribution in [0.1, 0.15) is 12.5 Å². The van der Waals surface area contributed by atoms with Crippen LogP contribution in [-0.4, -0.2) is 26.0 Å². The average Bonchev–Trinajstić information content (AvgIpc) is 2.95. The van der Waals surface area contributed by atoms with Crippen LogP contribution < -0.4 is 5.43 Å². The van der Waals surface area contributed by atoms with Crippen LogP contribution in [0.2, 0.25) is 5.02 Å². The molecule has 124 valence electrons. The topological polar surface area (TPSA) is 68.0 Å². The number of hydrazone groups is 1. The molecule has 0 aliphatic heterocycles. The fourth-order valence-corrected chi connectivity index (χ4v) is 2.97. The molecule has 0 saturated heterocycles. The number of halogens is 1. The van der Waals surface area contributed by atoms with Gasteiger partial charge in [0.15, 0.2) is 5.65 Å². The Morgan fingerprint density at radius 2 is 2.00 bits per heavy atom. The van der Waals surface area contributed by atoms with Crippen molar-refractivity contribution in [2.45, 2.75) is 13.5 Å². The molecule has 0 amide bonds. The summed E-state index contributed by atoms with van der Waals surface area (Å²) in [6, 6.07) is 15.5. The van der Waals surface area contributed by atoms with E-state index in [2.05, 4.69) is 37.2 Å². The Morgan fingerprint density at radius 1 is 1.16 bits per heavy atom. The summed E-state index contributed by atoms with van der Waals surface area (Å²) in [5, 5.41) is 14.2. The van der Waals surface area contributed by atoms with E-state index in [0.717, 1.165) is 34.2 Å². The molecule has 0 aliphatic carbocycles. The Kier molecular flexibility index (Phi) is 4.03. The lowest BCUT2D eigenvalue weighted by molar-refractivity contribution is 0.811. The van der Waals surface area contributed by atoms with E-state index in [1.54, 1.807) is 6.21 Å². The lowest BCUT2D eigenvalue weighted by Crippen LogP contribution is -2.02. The highest BCUT2D eigenvalue weighted by molar-refractivity contribution is 6.31. The summed E-state index contributed by atoms with van der Waals surface area (Å²) in [5.41, 5.74) is 6.35. The highest BCUT2D eigenvalue weighted by Gasteiger charge is 2.14. The van der Waals surface area contributed by atoms with Gasteiger partial charge in [0.05, 0.1) is 11.7 Å². The fourth-order valence-electron chi connectivity index (χ4n) is 2.80. The first-order chi connectivity index (χ1) is 12.3. The van der Waals surface area contributed by atoms with Crippen molar-refractivity contribution in [2.24, 2.45) is 5.10 Å². The summed E-state index contributed by atoms with van der Waals surface area (Å²) in [7, 11) is 0. The van der Waals surface area contributed by atoms with Gasteiger partial charge >= 0.3 is 0 Å². The number of hydrogen-bond donors (Lipinski definition) is 1. The Hall–Kier alpha value is -2.99. The monoisotopic (exact) mass is 350 g/mol. The zero-order valence-electron chi connectivity index (χ0n) is 13.5. The Morgan fingerprint density at radius 3 is 2.80 bits per heavy atom. The Bertz CT molecular complexity index is 1070. The van der Waals surface area contributed by atoms with Gasteiger partial charge in [-0.05, 0) is 30.7 Å². The molecule has 0 fully saturated rings. The highest BCUT2D eigenvalue weighted by atomic mass is 35.5. The molecule has 0 spiro atoms. The lowest BCUT2D eigenvalue weighted by atomic mass is 10.2. The number of rotatable bonds is 4. The Labute approximate surface area is 149 Å². The number of fused-ring (bicyclic) bond motifs is 3. The van der Waals surface area contributed by atoms with Gasteiger partial charge in [-0.3, -0.25) is 0 Å². The second-order valence-electron chi connectivity index (χ2n) is 5.49. The number of anilines is 1. The lowest BCUT2D eigenvalue weighted by Gasteiger charge is -2.02. The van der Waals surface area contributed by atoms with Crippen LogP contribution >= 0.6 is 11.6 Å². The van der Waals surface area contributed by atoms with Crippen molar-refractivity contribution in [3.8, 4) is 0 Å². The smallest absolute Gasteiger partial charge is 0.265 e. The molecule has 0 unspecified atom stereocenters. The summed E-state index contributed by atoms with van der Waals surface area (Å²) in [6.07, 6.45) is 1.71. The van der Waals surface area contributed by atoms with Gasteiger partial charge < -0.3 is 4.57 Å². The largest absolute Gasteiger partial charge is 0.324 e. The second kappa shape index (κ2) is 6.49. The fraction of sp³-hybridized carbons (Fsp3) is 0.111. The molecule has 2 heterocycles. The zero-order valence-corrected chi connectivity index (χ0v) is 14.3. The third kappa shape index (κ3) is 2.92. The van der Waals surface area contributed by atoms with E-state index in [0.29, 0.717) is 11.0 Å². The maximum atomic E-state index is 6.12. The molecule has 4 rings (SSSR count). The van der Waals surface area contributed by atoms with Gasteiger partial charge in [0.2, 0.25) is 0 Å².